The summed E-state index contributed by atoms with van der Waals surface area (Å²) in [6, 6.07) is 9.02. The molecule has 0 aromatic heterocycles. The van der Waals surface area contributed by atoms with Crippen LogP contribution in [0.3, 0.4) is 0 Å². The lowest BCUT2D eigenvalue weighted by atomic mass is 9.83. The third kappa shape index (κ3) is 4.48. The first-order valence-electron chi connectivity index (χ1n) is 11.5. The molecular weight excluding hydrogens is 380 g/mol. The lowest BCUT2D eigenvalue weighted by molar-refractivity contribution is -0.165. The second-order valence-electron chi connectivity index (χ2n) is 9.10. The van der Waals surface area contributed by atoms with Gasteiger partial charge < -0.3 is 14.8 Å². The number of rotatable bonds is 6. The van der Waals surface area contributed by atoms with Gasteiger partial charge in [-0.05, 0) is 56.6 Å². The molecule has 2 aliphatic carbocycles. The summed E-state index contributed by atoms with van der Waals surface area (Å²) in [4.78, 5) is 28.4. The number of hydrogen-bond acceptors (Lipinski definition) is 4. The van der Waals surface area contributed by atoms with Gasteiger partial charge in [0.05, 0.1) is 13.2 Å². The number of carbonyl (C=O) groups is 2. The number of nitrogens with zero attached hydrogens (tertiary/aromatic N) is 1. The molecule has 0 radical (unpaired) electrons. The minimum absolute atomic E-state index is 0.0413. The van der Waals surface area contributed by atoms with Crippen molar-refractivity contribution >= 4 is 11.8 Å². The largest absolute Gasteiger partial charge is 0.492 e. The number of ether oxygens (including phenoxy) is 2. The highest BCUT2D eigenvalue weighted by Gasteiger charge is 2.54. The molecule has 2 saturated carbocycles. The van der Waals surface area contributed by atoms with Crippen molar-refractivity contribution in [2.24, 2.45) is 11.8 Å². The van der Waals surface area contributed by atoms with E-state index in [0.717, 1.165) is 57.1 Å². The Morgan fingerprint density at radius 2 is 1.83 bits per heavy atom. The molecule has 164 valence electrons. The lowest BCUT2D eigenvalue weighted by Crippen LogP contribution is -2.58. The van der Waals surface area contributed by atoms with Crippen LogP contribution in [0.15, 0.2) is 30.3 Å². The van der Waals surface area contributed by atoms with E-state index in [-0.39, 0.29) is 24.3 Å². The highest BCUT2D eigenvalue weighted by Crippen LogP contribution is 2.44. The molecule has 1 aliphatic heterocycles. The quantitative estimate of drug-likeness (QED) is 0.724. The van der Waals surface area contributed by atoms with E-state index in [2.05, 4.69) is 12.2 Å². The molecule has 3 aliphatic rings. The fourth-order valence-corrected chi connectivity index (χ4v) is 5.16. The molecule has 1 aromatic carbocycles. The van der Waals surface area contributed by atoms with Crippen molar-refractivity contribution in [1.29, 1.82) is 0 Å². The second-order valence-corrected chi connectivity index (χ2v) is 9.10. The van der Waals surface area contributed by atoms with Crippen LogP contribution in [0.1, 0.15) is 58.3 Å². The molecule has 6 heteroatoms. The van der Waals surface area contributed by atoms with Crippen LogP contribution in [0.2, 0.25) is 0 Å². The van der Waals surface area contributed by atoms with Crippen LogP contribution in [0.4, 0.5) is 0 Å². The van der Waals surface area contributed by atoms with Crippen LogP contribution >= 0.6 is 0 Å². The van der Waals surface area contributed by atoms with Gasteiger partial charge in [0.1, 0.15) is 24.1 Å². The van der Waals surface area contributed by atoms with Gasteiger partial charge in [-0.15, -0.1) is 0 Å². The number of para-hydroxylation sites is 1. The summed E-state index contributed by atoms with van der Waals surface area (Å²) >= 11 is 0. The molecule has 30 heavy (non-hydrogen) atoms. The van der Waals surface area contributed by atoms with Gasteiger partial charge in [0, 0.05) is 5.92 Å². The summed E-state index contributed by atoms with van der Waals surface area (Å²) in [5.41, 5.74) is -0.589. The predicted molar refractivity (Wildman–Crippen MR) is 114 cm³/mol. The Balaban J connectivity index is 1.39. The maximum absolute atomic E-state index is 13.5. The zero-order valence-corrected chi connectivity index (χ0v) is 18.0. The molecule has 1 unspecified atom stereocenters. The Bertz CT molecular complexity index is 724. The predicted octanol–water partition coefficient (Wildman–Crippen LogP) is 3.51. The third-order valence-electron chi connectivity index (χ3n) is 6.97. The molecule has 1 atom stereocenters. The zero-order valence-electron chi connectivity index (χ0n) is 18.0. The summed E-state index contributed by atoms with van der Waals surface area (Å²) in [7, 11) is 0. The van der Waals surface area contributed by atoms with Gasteiger partial charge in [0.15, 0.2) is 0 Å². The molecule has 1 spiro atoms. The highest BCUT2D eigenvalue weighted by molar-refractivity contribution is 5.89. The maximum Gasteiger partial charge on any atom is 0.245 e. The zero-order chi connectivity index (χ0) is 21.0. The number of hydrogen-bond donors (Lipinski definition) is 1. The number of amides is 2. The monoisotopic (exact) mass is 414 g/mol. The Morgan fingerprint density at radius 3 is 2.53 bits per heavy atom. The second kappa shape index (κ2) is 9.38. The van der Waals surface area contributed by atoms with E-state index in [4.69, 9.17) is 9.47 Å². The van der Waals surface area contributed by atoms with E-state index < -0.39 is 11.8 Å². The van der Waals surface area contributed by atoms with Crippen molar-refractivity contribution in [3.8, 4) is 5.75 Å². The van der Waals surface area contributed by atoms with Crippen molar-refractivity contribution in [3.05, 3.63) is 30.3 Å². The van der Waals surface area contributed by atoms with Crippen LogP contribution in [0.25, 0.3) is 0 Å². The van der Waals surface area contributed by atoms with Crippen molar-refractivity contribution in [1.82, 2.24) is 10.2 Å². The Kier molecular flexibility index (Phi) is 6.61. The van der Waals surface area contributed by atoms with Gasteiger partial charge in [-0.3, -0.25) is 14.5 Å². The molecule has 1 saturated heterocycles. The van der Waals surface area contributed by atoms with Crippen molar-refractivity contribution < 1.29 is 19.1 Å². The standard InChI is InChI=1S/C24H34N2O4/c1-18-11-13-24(14-12-18)26(23(28)19-7-5-6-8-19)21(17-30-24)22(27)25-15-16-29-20-9-3-2-4-10-20/h2-4,9-10,18-19,21H,5-8,11-17H2,1H3,(H,25,27). The molecule has 6 nitrogen and oxygen atoms in total. The van der Waals surface area contributed by atoms with Crippen LogP contribution < -0.4 is 10.1 Å². The van der Waals surface area contributed by atoms with Gasteiger partial charge >= 0.3 is 0 Å². The molecule has 1 aromatic rings. The number of nitrogens with one attached hydrogen (secondary N) is 1. The van der Waals surface area contributed by atoms with E-state index in [9.17, 15) is 9.59 Å². The normalized spacial score (nSPS) is 29.3. The van der Waals surface area contributed by atoms with Gasteiger partial charge in [-0.2, -0.15) is 0 Å². The van der Waals surface area contributed by atoms with Gasteiger partial charge in [0.25, 0.3) is 0 Å². The fourth-order valence-electron chi connectivity index (χ4n) is 5.16. The van der Waals surface area contributed by atoms with Gasteiger partial charge in [0.2, 0.25) is 11.8 Å². The Morgan fingerprint density at radius 1 is 1.13 bits per heavy atom. The minimum atomic E-state index is -0.589. The molecule has 1 N–H and O–H groups in total. The molecule has 3 fully saturated rings. The number of carbonyl (C=O) groups excluding carboxylic acids is 2. The van der Waals surface area contributed by atoms with Crippen LogP contribution in [0, 0.1) is 11.8 Å². The third-order valence-corrected chi connectivity index (χ3v) is 6.97. The van der Waals surface area contributed by atoms with Crippen LogP contribution in [-0.4, -0.2) is 48.2 Å². The van der Waals surface area contributed by atoms with E-state index in [1.165, 1.54) is 0 Å². The Labute approximate surface area is 179 Å². The highest BCUT2D eigenvalue weighted by atomic mass is 16.5. The summed E-state index contributed by atoms with van der Waals surface area (Å²) < 4.78 is 11.9. The van der Waals surface area contributed by atoms with E-state index in [0.29, 0.717) is 19.1 Å². The van der Waals surface area contributed by atoms with Crippen molar-refractivity contribution in [3.63, 3.8) is 0 Å². The Hall–Kier alpha value is -2.08. The van der Waals surface area contributed by atoms with E-state index in [1.807, 2.05) is 35.2 Å². The van der Waals surface area contributed by atoms with Crippen LogP contribution in [-0.2, 0) is 14.3 Å². The molecular formula is C24H34N2O4. The average molecular weight is 415 g/mol. The molecule has 2 amide bonds. The SMILES string of the molecule is CC1CCC2(CC1)OCC(C(=O)NCCOc1ccccc1)N2C(=O)C1CCCC1. The maximum atomic E-state index is 13.5. The first-order valence-corrected chi connectivity index (χ1v) is 11.5. The summed E-state index contributed by atoms with van der Waals surface area (Å²) in [5.74, 6) is 1.46. The molecule has 4 rings (SSSR count). The summed E-state index contributed by atoms with van der Waals surface area (Å²) in [6.45, 7) is 3.34. The van der Waals surface area contributed by atoms with Gasteiger partial charge in [-0.25, -0.2) is 0 Å². The summed E-state index contributed by atoms with van der Waals surface area (Å²) in [5, 5.41) is 2.96. The fraction of sp³-hybridized carbons (Fsp3) is 0.667. The van der Waals surface area contributed by atoms with E-state index >= 15 is 0 Å². The van der Waals surface area contributed by atoms with E-state index in [1.54, 1.807) is 0 Å². The first-order chi connectivity index (χ1) is 14.6. The van der Waals surface area contributed by atoms with Crippen molar-refractivity contribution in [2.45, 2.75) is 70.1 Å². The minimum Gasteiger partial charge on any atom is -0.492 e. The average Bonchev–Trinajstić information content (AvgIpc) is 3.43. The summed E-state index contributed by atoms with van der Waals surface area (Å²) in [6.07, 6.45) is 7.79. The number of benzene rings is 1. The molecule has 0 bridgehead atoms. The van der Waals surface area contributed by atoms with Gasteiger partial charge in [-0.1, -0.05) is 38.0 Å². The van der Waals surface area contributed by atoms with Crippen molar-refractivity contribution in [2.75, 3.05) is 19.8 Å². The molecule has 1 heterocycles. The lowest BCUT2D eigenvalue weighted by Gasteiger charge is -2.43. The topological polar surface area (TPSA) is 67.9 Å². The smallest absolute Gasteiger partial charge is 0.245 e. The first kappa shape index (κ1) is 21.2. The van der Waals surface area contributed by atoms with Crippen LogP contribution in [0.5, 0.6) is 5.75 Å².